The predicted molar refractivity (Wildman–Crippen MR) is 495 cm³/mol. The molecule has 6 fully saturated rings. The van der Waals surface area contributed by atoms with Gasteiger partial charge in [-0.1, -0.05) is 36.3 Å². The average molecular weight is 1780 g/mol. The molecule has 0 bridgehead atoms. The lowest BCUT2D eigenvalue weighted by Gasteiger charge is -2.09. The molecular weight excluding hydrogens is 1600 g/mol. The number of H-pyrrole nitrogens is 6. The van der Waals surface area contributed by atoms with Gasteiger partial charge in [0.25, 0.3) is 0 Å². The number of rotatable bonds is 30. The van der Waals surface area contributed by atoms with Crippen LogP contribution in [0.25, 0.3) is 65.4 Å². The van der Waals surface area contributed by atoms with E-state index in [1.165, 1.54) is 56.4 Å². The van der Waals surface area contributed by atoms with Crippen molar-refractivity contribution in [2.75, 3.05) is 163 Å². The molecule has 672 valence electrons. The zero-order valence-electron chi connectivity index (χ0n) is 120. The number of carbonyl (C=O) groups is 6. The van der Waals surface area contributed by atoms with E-state index in [4.69, 9.17) is 98.6 Å². The summed E-state index contributed by atoms with van der Waals surface area (Å²) in [5, 5.41) is 11.2. The van der Waals surface area contributed by atoms with Crippen LogP contribution < -0.4 is 31.9 Å². The highest BCUT2D eigenvalue weighted by Gasteiger charge is 2.29. The van der Waals surface area contributed by atoms with E-state index in [-0.39, 0.29) is 253 Å². The van der Waals surface area contributed by atoms with Crippen LogP contribution in [0.15, 0.2) is 146 Å². The summed E-state index contributed by atoms with van der Waals surface area (Å²) in [4.78, 5) is 82.5. The second-order valence-corrected chi connectivity index (χ2v) is 30.1. The molecule has 12 heterocycles. The zero-order valence-corrected chi connectivity index (χ0v) is 69.2. The minimum atomic E-state index is -3.66. The number of alkyl carbamates (subject to hydrolysis) is 6. The Labute approximate surface area is 808 Å². The number of aromatic nitrogens is 6. The smallest absolute Gasteiger partial charge is 0.407 e. The minimum Gasteiger partial charge on any atom is -0.447 e. The number of ether oxygens (including phenoxy) is 6. The van der Waals surface area contributed by atoms with E-state index in [9.17, 15) is 28.8 Å². The van der Waals surface area contributed by atoms with E-state index in [0.29, 0.717) is 81.6 Å². The van der Waals surface area contributed by atoms with Crippen molar-refractivity contribution >= 4 is 102 Å². The third-order valence-corrected chi connectivity index (χ3v) is 19.5. The van der Waals surface area contributed by atoms with Crippen LogP contribution in [0.2, 0.25) is 8.47 Å². The standard InChI is InChI=1S/6C16H21N3O2/c6*1-19(2)6-5-12-9-17-15-4-3-11(8-14(12)15)7-13-10-21-16(20)18-13/h6*3-4,8-9,13,17H,5-7,10H2,1-2H3,(H,18,20)/t6*13-/m000000/s1/i1D3,2D3,3D,4D,8D,9D;1D3,3D,4D,8D,9D;1D3,2D3,5D2,6D2,9D;3D,4D,8D,9D;1D3,5D2,6D2,9D;5D2,6D2,9D/hD6. The molecule has 0 spiro atoms. The number of aryl methyl sites for hydroxylation is 3. The topological polar surface area (TPSA) is 344 Å². The van der Waals surface area contributed by atoms with Gasteiger partial charge >= 0.3 is 36.6 Å². The number of nitrogens with one attached hydrogen (secondary N) is 12. The molecule has 0 aliphatic carbocycles. The monoisotopic (exact) mass is 1770 g/mol. The van der Waals surface area contributed by atoms with Crippen LogP contribution in [-0.2, 0) is 105 Å². The molecule has 6 atom stereocenters. The Hall–Kier alpha value is -12.1. The molecule has 30 heteroatoms. The molecule has 30 nitrogen and oxygen atoms in total. The first-order valence-corrected chi connectivity index (χ1v) is 39.5. The Morgan fingerprint density at radius 2 is 0.627 bits per heavy atom. The fraction of sp³-hybridized carbons (Fsp3) is 0.438. The van der Waals surface area contributed by atoms with Gasteiger partial charge in [0.05, 0.1) is 56.8 Å². The van der Waals surface area contributed by atoms with E-state index in [2.05, 4.69) is 30.9 Å². The average Bonchev–Trinajstić information content (AvgIpc) is 1.54. The van der Waals surface area contributed by atoms with Gasteiger partial charge in [-0.05, 0) is 300 Å². The summed E-state index contributed by atoms with van der Waals surface area (Å²) < 4.78 is 435. The quantitative estimate of drug-likeness (QED) is 0.0186. The van der Waals surface area contributed by atoms with Gasteiger partial charge in [-0.2, -0.15) is 0 Å². The fourth-order valence-electron chi connectivity index (χ4n) is 13.5. The van der Waals surface area contributed by atoms with Crippen LogP contribution in [-0.4, -0.2) is 295 Å². The number of carbonyl (C=O) groups excluding carboxylic acids is 6. The molecular formula is C96H126N18O12. The second-order valence-electron chi connectivity index (χ2n) is 30.1. The van der Waals surface area contributed by atoms with Crippen molar-refractivity contribution in [3.63, 3.8) is 0 Å². The zero-order chi connectivity index (χ0) is 133. The third-order valence-electron chi connectivity index (χ3n) is 19.5. The number of aromatic amines is 6. The maximum absolute atomic E-state index is 11.4. The van der Waals surface area contributed by atoms with Crippen molar-refractivity contribution in [1.29, 1.82) is 0 Å². The van der Waals surface area contributed by atoms with Gasteiger partial charge in [-0.15, -0.1) is 0 Å². The van der Waals surface area contributed by atoms with Crippen LogP contribution in [0.5, 0.6) is 0 Å². The number of nitrogens with zero attached hydrogens (tertiary/aromatic N) is 6. The first-order valence-electron chi connectivity index (χ1n) is 64.7. The fourth-order valence-corrected chi connectivity index (χ4v) is 13.5. The van der Waals surface area contributed by atoms with Gasteiger partial charge in [0.1, 0.15) is 39.6 Å². The number of hydrogen-bond acceptors (Lipinski definition) is 18. The maximum atomic E-state index is 11.4. The minimum absolute atomic E-state index is 0.000722. The summed E-state index contributed by atoms with van der Waals surface area (Å²) in [5.74, 6) is 0. The molecule has 0 radical (unpaired) electrons. The van der Waals surface area contributed by atoms with E-state index in [1.54, 1.807) is 24.3 Å². The predicted octanol–water partition coefficient (Wildman–Crippen LogP) is 11.5. The highest BCUT2D eigenvalue weighted by Crippen LogP contribution is 2.29. The van der Waals surface area contributed by atoms with Crippen LogP contribution >= 0.6 is 0 Å². The van der Waals surface area contributed by atoms with Crippen LogP contribution in [0.3, 0.4) is 0 Å². The molecule has 6 saturated heterocycles. The van der Waals surface area contributed by atoms with Gasteiger partial charge in [-0.25, -0.2) is 28.8 Å². The lowest BCUT2D eigenvalue weighted by molar-refractivity contribution is 0.176. The molecule has 18 rings (SSSR count). The number of likely N-dealkylation sites (N-methyl/N-ethyl adjacent to an activating group) is 6. The molecule has 6 amide bonds. The van der Waals surface area contributed by atoms with Crippen LogP contribution in [0.4, 0.5) is 28.8 Å². The van der Waals surface area contributed by atoms with Gasteiger partial charge in [0.15, 0.2) is 8.47 Å². The summed E-state index contributed by atoms with van der Waals surface area (Å²) in [7, 11) is 9.08. The summed E-state index contributed by atoms with van der Waals surface area (Å²) in [6, 6.07) is 9.94. The van der Waals surface area contributed by atoms with Gasteiger partial charge in [0, 0.05) is 183 Å². The molecule has 6 aromatic heterocycles. The molecule has 6 aliphatic heterocycles. The lowest BCUT2D eigenvalue weighted by Crippen LogP contribution is -2.28. The number of fused-ring (bicyclic) bond motifs is 6. The van der Waals surface area contributed by atoms with Crippen molar-refractivity contribution in [2.24, 2.45) is 0 Å². The number of hydrogen-bond donors (Lipinski definition) is 12. The molecule has 126 heavy (non-hydrogen) atoms. The Kier molecular flexibility index (Phi) is 16.1. The van der Waals surface area contributed by atoms with Crippen molar-refractivity contribution in [3.8, 4) is 0 Å². The highest BCUT2D eigenvalue weighted by molar-refractivity contribution is 5.88. The first kappa shape index (κ1) is 46.4. The Morgan fingerprint density at radius 1 is 0.325 bits per heavy atom. The number of cyclic esters (lactones) is 6. The third kappa shape index (κ3) is 26.5. The molecule has 6 aliphatic rings. The van der Waals surface area contributed by atoms with Gasteiger partial charge in [0.2, 0.25) is 0 Å². The number of benzene rings is 6. The second kappa shape index (κ2) is 43.7. The molecule has 12 aromatic rings. The van der Waals surface area contributed by atoms with Crippen molar-refractivity contribution < 1.29 is 127 Å². The Bertz CT molecular complexity index is 8220. The first-order chi connectivity index (χ1) is 81.3. The highest BCUT2D eigenvalue weighted by atomic mass is 16.6. The van der Waals surface area contributed by atoms with Crippen LogP contribution in [0, 0.1) is 0 Å². The van der Waals surface area contributed by atoms with E-state index >= 15 is 0 Å². The maximum Gasteiger partial charge on any atom is 0.407 e. The summed E-state index contributed by atoms with van der Waals surface area (Å²) >= 11 is 0. The van der Waals surface area contributed by atoms with Crippen molar-refractivity contribution in [2.45, 2.75) is 113 Å². The lowest BCUT2D eigenvalue weighted by atomic mass is 10.0. The summed E-state index contributed by atoms with van der Waals surface area (Å²) in [5.41, 5.74) is 3.59. The number of amides is 6. The van der Waals surface area contributed by atoms with Gasteiger partial charge < -0.3 is 120 Å². The molecule has 12 N–H and O–H groups in total. The Balaban J connectivity index is 0.000000173. The van der Waals surface area contributed by atoms with Crippen molar-refractivity contribution in [1.82, 2.24) is 91.2 Å². The summed E-state index contributed by atoms with van der Waals surface area (Å²) in [6.45, 7) is -26.4. The van der Waals surface area contributed by atoms with Crippen molar-refractivity contribution in [3.05, 3.63) is 213 Å². The SMILES string of the molecule is [2H]c1[nH]c2c([2H])c([2H])c(C[C@H]3COC(=O)N3)c([2H])c2c1CCN(C([2H])([2H])[2H])C([2H])([2H])[2H].[2H]c1[nH]c2c([2H])c([2H])c(C[C@H]3COC(=O)N3)c([2H])c2c1CCN(C)C.[2H]c1[nH]c2c([2H])c([2H])c(C[C@H]3COC(=O)N3)c([2H])c2c1CCN(C)C([2H])([2H])[2H].[2H]c1c(C([2H])([2H])C([2H])([2H])N(C([2H])([2H])[2H])C([2H])([2H])[2H])c2cc(C[C@H]3COC(=O)N3[2H])ccc2n1[2H].[2H]c1c(C([2H])([2H])C([2H])([2H])N(C)C([2H])([2H])[2H])c2cc(C[C@H]3COC(=O)N3[2H])ccc2n1[2H].[2H]c1c(C([2H])([2H])C([2H])([2H])N(C)C)c2cc(C[C@H]3COC(=O)N3[2H])ccc2n1[2H]. The summed E-state index contributed by atoms with van der Waals surface area (Å²) in [6.07, 6.45) is -13.1. The molecule has 0 unspecified atom stereocenters. The van der Waals surface area contributed by atoms with Crippen LogP contribution in [0.1, 0.15) is 128 Å². The molecule has 0 saturated carbocycles. The van der Waals surface area contributed by atoms with Gasteiger partial charge in [-0.3, -0.25) is 0 Å². The molecule has 6 aromatic carbocycles. The largest absolute Gasteiger partial charge is 0.447 e. The normalized spacial score (nSPS) is 25.6. The van der Waals surface area contributed by atoms with E-state index in [0.717, 1.165) is 28.8 Å². The van der Waals surface area contributed by atoms with E-state index < -0.39 is 188 Å². The van der Waals surface area contributed by atoms with E-state index in [1.807, 2.05) is 19.0 Å². The Morgan fingerprint density at radius 3 is 0.929 bits per heavy atom.